The lowest BCUT2D eigenvalue weighted by Gasteiger charge is -2.62. The minimum absolute atomic E-state index is 0.0308. The van der Waals surface area contributed by atoms with E-state index in [0.29, 0.717) is 19.3 Å². The van der Waals surface area contributed by atoms with Crippen LogP contribution in [0.5, 0.6) is 0 Å². The van der Waals surface area contributed by atoms with E-state index in [9.17, 15) is 30.0 Å². The first-order chi connectivity index (χ1) is 17.9. The van der Waals surface area contributed by atoms with Gasteiger partial charge in [-0.3, -0.25) is 4.79 Å². The number of esters is 1. The van der Waals surface area contributed by atoms with Gasteiger partial charge in [0.15, 0.2) is 6.29 Å². The van der Waals surface area contributed by atoms with E-state index in [0.717, 1.165) is 37.7 Å². The summed E-state index contributed by atoms with van der Waals surface area (Å²) in [5.74, 6) is -0.244. The van der Waals surface area contributed by atoms with Crippen molar-refractivity contribution in [1.29, 1.82) is 0 Å². The molecule has 0 amide bonds. The molecule has 0 radical (unpaired) electrons. The Hall–Kier alpha value is -1.36. The molecular weight excluding hydrogens is 492 g/mol. The predicted molar refractivity (Wildman–Crippen MR) is 133 cm³/mol. The summed E-state index contributed by atoms with van der Waals surface area (Å²) in [5, 5.41) is 42.9. The van der Waals surface area contributed by atoms with E-state index in [-0.39, 0.29) is 53.6 Å². The zero-order chi connectivity index (χ0) is 27.2. The fourth-order valence-corrected chi connectivity index (χ4v) is 9.60. The summed E-state index contributed by atoms with van der Waals surface area (Å²) < 4.78 is 17.0. The summed E-state index contributed by atoms with van der Waals surface area (Å²) in [5.41, 5.74) is -0.908. The molecule has 2 heterocycles. The van der Waals surface area contributed by atoms with Crippen molar-refractivity contribution in [3.63, 3.8) is 0 Å². The molecule has 0 unspecified atom stereocenters. The Kier molecular flexibility index (Phi) is 6.41. The minimum atomic E-state index is -1.33. The van der Waals surface area contributed by atoms with Gasteiger partial charge in [0.1, 0.15) is 30.7 Å². The first-order valence-corrected chi connectivity index (χ1v) is 14.4. The minimum Gasteiger partial charge on any atom is -0.458 e. The third-order valence-corrected chi connectivity index (χ3v) is 11.8. The second-order valence-electron chi connectivity index (χ2n) is 13.5. The van der Waals surface area contributed by atoms with Crippen molar-refractivity contribution in [2.45, 2.75) is 115 Å². The SMILES string of the molecule is C[C@@H]1O[C@@H](O[C@H]2CC[C@@]3(C)[C@@H](CC[C@@H]4[C@@H]3C(=O)C[C@]3(C)[C@@H](C5=CC(=O)OC5)CC[C@]43O)C2)[C@H](O)[C@H](O)[C@H]1O. The normalized spacial score (nSPS) is 54.6. The summed E-state index contributed by atoms with van der Waals surface area (Å²) in [6, 6.07) is 0. The average molecular weight is 535 g/mol. The summed E-state index contributed by atoms with van der Waals surface area (Å²) in [4.78, 5) is 25.8. The molecule has 0 bridgehead atoms. The highest BCUT2D eigenvalue weighted by molar-refractivity contribution is 5.86. The second kappa shape index (κ2) is 9.08. The van der Waals surface area contributed by atoms with Crippen LogP contribution in [-0.2, 0) is 23.8 Å². The van der Waals surface area contributed by atoms with Crippen LogP contribution in [0.25, 0.3) is 0 Å². The lowest BCUT2D eigenvalue weighted by molar-refractivity contribution is -0.309. The van der Waals surface area contributed by atoms with Gasteiger partial charge in [-0.1, -0.05) is 13.8 Å². The molecule has 9 heteroatoms. The highest BCUT2D eigenvalue weighted by Gasteiger charge is 2.70. The van der Waals surface area contributed by atoms with Crippen LogP contribution in [0.15, 0.2) is 11.6 Å². The Morgan fingerprint density at radius 3 is 2.47 bits per heavy atom. The van der Waals surface area contributed by atoms with Crippen LogP contribution in [0.2, 0.25) is 0 Å². The van der Waals surface area contributed by atoms with Gasteiger partial charge < -0.3 is 34.6 Å². The van der Waals surface area contributed by atoms with Crippen LogP contribution in [0.1, 0.15) is 72.1 Å². The molecule has 6 aliphatic rings. The number of rotatable bonds is 3. The van der Waals surface area contributed by atoms with Gasteiger partial charge in [0.05, 0.1) is 17.8 Å². The number of hydrogen-bond acceptors (Lipinski definition) is 9. The van der Waals surface area contributed by atoms with Crippen LogP contribution in [-0.4, -0.2) is 81.2 Å². The first-order valence-electron chi connectivity index (χ1n) is 14.4. The van der Waals surface area contributed by atoms with Gasteiger partial charge in [0, 0.05) is 23.8 Å². The molecule has 4 N–H and O–H groups in total. The molecule has 2 aliphatic heterocycles. The number of fused-ring (bicyclic) bond motifs is 5. The molecule has 4 aliphatic carbocycles. The van der Waals surface area contributed by atoms with Crippen LogP contribution >= 0.6 is 0 Å². The first kappa shape index (κ1) is 26.8. The number of hydrogen-bond donors (Lipinski definition) is 4. The Morgan fingerprint density at radius 2 is 1.76 bits per heavy atom. The Bertz CT molecular complexity index is 1030. The zero-order valence-corrected chi connectivity index (χ0v) is 22.5. The molecule has 4 saturated carbocycles. The van der Waals surface area contributed by atoms with Crippen LogP contribution in [0, 0.1) is 34.5 Å². The monoisotopic (exact) mass is 534 g/mol. The number of carbonyl (C=O) groups is 2. The fraction of sp³-hybridized carbons (Fsp3) is 0.862. The van der Waals surface area contributed by atoms with Gasteiger partial charge >= 0.3 is 5.97 Å². The number of cyclic esters (lactones) is 1. The van der Waals surface area contributed by atoms with E-state index in [1.54, 1.807) is 13.0 Å². The molecule has 6 rings (SSSR count). The average Bonchev–Trinajstić information content (AvgIpc) is 3.41. The van der Waals surface area contributed by atoms with Crippen molar-refractivity contribution >= 4 is 11.8 Å². The number of aliphatic hydroxyl groups excluding tert-OH is 3. The topological polar surface area (TPSA) is 143 Å². The molecule has 212 valence electrons. The maximum absolute atomic E-state index is 14.0. The van der Waals surface area contributed by atoms with E-state index < -0.39 is 41.7 Å². The van der Waals surface area contributed by atoms with Crippen molar-refractivity contribution in [2.24, 2.45) is 34.5 Å². The van der Waals surface area contributed by atoms with Gasteiger partial charge in [0.2, 0.25) is 0 Å². The molecule has 0 aromatic carbocycles. The number of ketones is 1. The predicted octanol–water partition coefficient (Wildman–Crippen LogP) is 1.64. The summed E-state index contributed by atoms with van der Waals surface area (Å²) in [6.45, 7) is 6.15. The highest BCUT2D eigenvalue weighted by atomic mass is 16.7. The van der Waals surface area contributed by atoms with Gasteiger partial charge in [0.25, 0.3) is 0 Å². The third kappa shape index (κ3) is 3.72. The quantitative estimate of drug-likeness (QED) is 0.314. The molecule has 38 heavy (non-hydrogen) atoms. The molecule has 0 spiro atoms. The molecule has 0 aromatic rings. The standard InChI is InChI=1S/C29H42O9/c1-14-23(32)24(33)25(34)26(37-14)38-17-6-8-27(2)16(11-17)4-5-19-22(27)20(30)12-28(3)18(7-9-29(19,28)35)15-10-21(31)36-13-15/h10,14,16-19,22-26,32-35H,4-9,11-13H2,1-3H3/t14-,16-,17-,18+,19+,22+,23-,24+,25+,26-,27-,28+,29-/m0/s1. The maximum Gasteiger partial charge on any atom is 0.331 e. The lowest BCUT2D eigenvalue weighted by atomic mass is 9.43. The Balaban J connectivity index is 1.19. The number of Topliss-reactive ketones (excluding diaryl/α,β-unsaturated/α-hetero) is 1. The van der Waals surface area contributed by atoms with Gasteiger partial charge in [-0.25, -0.2) is 4.79 Å². The van der Waals surface area contributed by atoms with Crippen molar-refractivity contribution in [2.75, 3.05) is 6.61 Å². The number of ether oxygens (including phenoxy) is 3. The number of carbonyl (C=O) groups excluding carboxylic acids is 2. The Labute approximate surface area is 223 Å². The summed E-state index contributed by atoms with van der Waals surface area (Å²) >= 11 is 0. The van der Waals surface area contributed by atoms with Crippen LogP contribution < -0.4 is 0 Å². The third-order valence-electron chi connectivity index (χ3n) is 11.8. The zero-order valence-electron chi connectivity index (χ0n) is 22.5. The smallest absolute Gasteiger partial charge is 0.331 e. The molecule has 13 atom stereocenters. The van der Waals surface area contributed by atoms with Crippen molar-refractivity contribution < 1.29 is 44.2 Å². The highest BCUT2D eigenvalue weighted by Crippen LogP contribution is 2.69. The molecular formula is C29H42O9. The number of aliphatic hydroxyl groups is 4. The fourth-order valence-electron chi connectivity index (χ4n) is 9.60. The second-order valence-corrected chi connectivity index (χ2v) is 13.5. The van der Waals surface area contributed by atoms with E-state index >= 15 is 0 Å². The summed E-state index contributed by atoms with van der Waals surface area (Å²) in [7, 11) is 0. The van der Waals surface area contributed by atoms with Crippen LogP contribution in [0.4, 0.5) is 0 Å². The van der Waals surface area contributed by atoms with Gasteiger partial charge in [-0.2, -0.15) is 0 Å². The summed E-state index contributed by atoms with van der Waals surface area (Å²) in [6.07, 6.45) is 1.39. The van der Waals surface area contributed by atoms with Gasteiger partial charge in [-0.15, -0.1) is 0 Å². The molecule has 5 fully saturated rings. The lowest BCUT2D eigenvalue weighted by Crippen LogP contribution is -2.65. The Morgan fingerprint density at radius 1 is 1.00 bits per heavy atom. The van der Waals surface area contributed by atoms with E-state index in [1.165, 1.54) is 0 Å². The van der Waals surface area contributed by atoms with Crippen molar-refractivity contribution in [1.82, 2.24) is 0 Å². The van der Waals surface area contributed by atoms with E-state index in [2.05, 4.69) is 6.92 Å². The van der Waals surface area contributed by atoms with Crippen molar-refractivity contribution in [3.8, 4) is 0 Å². The molecule has 9 nitrogen and oxygen atoms in total. The van der Waals surface area contributed by atoms with E-state index in [4.69, 9.17) is 14.2 Å². The maximum atomic E-state index is 14.0. The van der Waals surface area contributed by atoms with E-state index in [1.807, 2.05) is 6.92 Å². The molecule has 0 aromatic heterocycles. The largest absolute Gasteiger partial charge is 0.458 e. The van der Waals surface area contributed by atoms with Gasteiger partial charge in [-0.05, 0) is 80.6 Å². The molecule has 1 saturated heterocycles. The van der Waals surface area contributed by atoms with Crippen LogP contribution in [0.3, 0.4) is 0 Å². The van der Waals surface area contributed by atoms with Crippen molar-refractivity contribution in [3.05, 3.63) is 11.6 Å².